The Labute approximate surface area is 172 Å². The molecule has 0 saturated heterocycles. The topological polar surface area (TPSA) is 106 Å². The van der Waals surface area contributed by atoms with Crippen molar-refractivity contribution in [2.75, 3.05) is 6.54 Å². The summed E-state index contributed by atoms with van der Waals surface area (Å²) in [6, 6.07) is 18.3. The van der Waals surface area contributed by atoms with Gasteiger partial charge in [0, 0.05) is 25.0 Å². The summed E-state index contributed by atoms with van der Waals surface area (Å²) in [5.74, 6) is 0. The Morgan fingerprint density at radius 1 is 0.867 bits per heavy atom. The maximum Gasteiger partial charge on any atom is 0.273 e. The third-order valence-electron chi connectivity index (χ3n) is 4.80. The van der Waals surface area contributed by atoms with Crippen LogP contribution >= 0.6 is 0 Å². The van der Waals surface area contributed by atoms with Gasteiger partial charge in [0.25, 0.3) is 21.1 Å². The smallest absolute Gasteiger partial charge is 0.273 e. The van der Waals surface area contributed by atoms with Gasteiger partial charge in [-0.2, -0.15) is 0 Å². The SMILES string of the molecule is O=c1[nH]n(CCNCc2cccn2S(=O)(=O)c2ccccc2)c(=O)c2ccccc12. The van der Waals surface area contributed by atoms with Crippen molar-refractivity contribution in [3.05, 3.63) is 99.3 Å². The number of fused-ring (bicyclic) bond motifs is 1. The second kappa shape index (κ2) is 8.13. The van der Waals surface area contributed by atoms with Gasteiger partial charge in [0.1, 0.15) is 0 Å². The average molecular weight is 424 g/mol. The number of hydrogen-bond donors (Lipinski definition) is 2. The molecule has 8 nitrogen and oxygen atoms in total. The highest BCUT2D eigenvalue weighted by Gasteiger charge is 2.18. The van der Waals surface area contributed by atoms with Crippen molar-refractivity contribution in [1.82, 2.24) is 19.1 Å². The van der Waals surface area contributed by atoms with Crippen molar-refractivity contribution < 1.29 is 8.42 Å². The number of aromatic amines is 1. The molecule has 2 aromatic carbocycles. The van der Waals surface area contributed by atoms with Gasteiger partial charge in [0.05, 0.1) is 22.2 Å². The molecule has 0 aliphatic heterocycles. The highest BCUT2D eigenvalue weighted by molar-refractivity contribution is 7.90. The molecule has 0 atom stereocenters. The van der Waals surface area contributed by atoms with Gasteiger partial charge < -0.3 is 5.32 Å². The molecule has 0 bridgehead atoms. The number of rotatable bonds is 7. The number of nitrogens with zero attached hydrogens (tertiary/aromatic N) is 2. The molecular weight excluding hydrogens is 404 g/mol. The van der Waals surface area contributed by atoms with Gasteiger partial charge in [0.15, 0.2) is 0 Å². The summed E-state index contributed by atoms with van der Waals surface area (Å²) >= 11 is 0. The molecule has 0 radical (unpaired) electrons. The molecule has 4 aromatic rings. The summed E-state index contributed by atoms with van der Waals surface area (Å²) in [6.45, 7) is 0.890. The molecule has 0 unspecified atom stereocenters. The van der Waals surface area contributed by atoms with Gasteiger partial charge in [-0.1, -0.05) is 30.3 Å². The lowest BCUT2D eigenvalue weighted by atomic mass is 10.2. The molecule has 0 amide bonds. The molecule has 30 heavy (non-hydrogen) atoms. The normalized spacial score (nSPS) is 11.7. The molecule has 0 saturated carbocycles. The number of nitrogens with one attached hydrogen (secondary N) is 2. The highest BCUT2D eigenvalue weighted by Crippen LogP contribution is 2.16. The molecule has 0 aliphatic rings. The van der Waals surface area contributed by atoms with Crippen molar-refractivity contribution in [2.24, 2.45) is 0 Å². The van der Waals surface area contributed by atoms with E-state index < -0.39 is 10.0 Å². The molecule has 2 N–H and O–H groups in total. The van der Waals surface area contributed by atoms with Gasteiger partial charge in [0.2, 0.25) is 0 Å². The Morgan fingerprint density at radius 2 is 1.57 bits per heavy atom. The van der Waals surface area contributed by atoms with E-state index in [1.807, 2.05) is 0 Å². The first-order chi connectivity index (χ1) is 14.5. The number of hydrogen-bond acceptors (Lipinski definition) is 5. The van der Waals surface area contributed by atoms with Crippen LogP contribution in [0.1, 0.15) is 5.69 Å². The van der Waals surface area contributed by atoms with Gasteiger partial charge >= 0.3 is 0 Å². The summed E-state index contributed by atoms with van der Waals surface area (Å²) in [5.41, 5.74) is -0.0340. The Morgan fingerprint density at radius 3 is 2.33 bits per heavy atom. The maximum atomic E-state index is 12.8. The predicted molar refractivity (Wildman–Crippen MR) is 114 cm³/mol. The minimum atomic E-state index is -3.68. The number of H-pyrrole nitrogens is 1. The quantitative estimate of drug-likeness (QED) is 0.438. The van der Waals surface area contributed by atoms with Crippen LogP contribution in [0.2, 0.25) is 0 Å². The molecule has 2 aromatic heterocycles. The molecule has 0 aliphatic carbocycles. The second-order valence-electron chi connectivity index (χ2n) is 6.73. The zero-order valence-electron chi connectivity index (χ0n) is 16.0. The summed E-state index contributed by atoms with van der Waals surface area (Å²) in [7, 11) is -3.68. The van der Waals surface area contributed by atoms with Crippen LogP contribution in [0.5, 0.6) is 0 Å². The van der Waals surface area contributed by atoms with E-state index in [1.54, 1.807) is 66.7 Å². The first-order valence-corrected chi connectivity index (χ1v) is 10.8. The molecule has 0 spiro atoms. The van der Waals surface area contributed by atoms with Crippen LogP contribution in [0.4, 0.5) is 0 Å². The van der Waals surface area contributed by atoms with E-state index in [-0.39, 0.29) is 29.1 Å². The van der Waals surface area contributed by atoms with Crippen LogP contribution in [-0.2, 0) is 23.1 Å². The lowest BCUT2D eigenvalue weighted by Crippen LogP contribution is -2.33. The molecular formula is C21H20N4O4S. The Kier molecular flexibility index (Phi) is 5.39. The number of benzene rings is 2. The molecule has 4 rings (SSSR count). The summed E-state index contributed by atoms with van der Waals surface area (Å²) < 4.78 is 28.1. The van der Waals surface area contributed by atoms with E-state index >= 15 is 0 Å². The molecule has 9 heteroatoms. The zero-order chi connectivity index (χ0) is 21.1. The monoisotopic (exact) mass is 424 g/mol. The van der Waals surface area contributed by atoms with E-state index in [9.17, 15) is 18.0 Å². The summed E-state index contributed by atoms with van der Waals surface area (Å²) in [4.78, 5) is 24.9. The van der Waals surface area contributed by atoms with Crippen LogP contribution in [-0.4, -0.2) is 28.7 Å². The van der Waals surface area contributed by atoms with Crippen molar-refractivity contribution in [1.29, 1.82) is 0 Å². The fraction of sp³-hybridized carbons (Fsp3) is 0.143. The minimum Gasteiger partial charge on any atom is -0.309 e. The number of aromatic nitrogens is 3. The third-order valence-corrected chi connectivity index (χ3v) is 6.54. The van der Waals surface area contributed by atoms with E-state index in [0.29, 0.717) is 23.0 Å². The summed E-state index contributed by atoms with van der Waals surface area (Å²) in [5, 5.41) is 6.43. The van der Waals surface area contributed by atoms with Gasteiger partial charge in [-0.25, -0.2) is 17.1 Å². The fourth-order valence-electron chi connectivity index (χ4n) is 3.29. The first kappa shape index (κ1) is 19.9. The first-order valence-electron chi connectivity index (χ1n) is 9.38. The average Bonchev–Trinajstić information content (AvgIpc) is 3.25. The van der Waals surface area contributed by atoms with Crippen molar-refractivity contribution in [3.63, 3.8) is 0 Å². The minimum absolute atomic E-state index is 0.211. The Bertz CT molecular complexity index is 1400. The zero-order valence-corrected chi connectivity index (χ0v) is 16.8. The van der Waals surface area contributed by atoms with Crippen LogP contribution in [0, 0.1) is 0 Å². The lowest BCUT2D eigenvalue weighted by molar-refractivity contribution is 0.526. The molecule has 2 heterocycles. The van der Waals surface area contributed by atoms with Crippen LogP contribution in [0.3, 0.4) is 0 Å². The van der Waals surface area contributed by atoms with Gasteiger partial charge in [-0.15, -0.1) is 0 Å². The highest BCUT2D eigenvalue weighted by atomic mass is 32.2. The second-order valence-corrected chi connectivity index (χ2v) is 8.55. The van der Waals surface area contributed by atoms with Gasteiger partial charge in [-0.3, -0.25) is 14.7 Å². The largest absolute Gasteiger partial charge is 0.309 e. The molecule has 154 valence electrons. The Balaban J connectivity index is 1.47. The Hall–Kier alpha value is -3.43. The van der Waals surface area contributed by atoms with Crippen LogP contribution in [0.25, 0.3) is 10.8 Å². The fourth-order valence-corrected chi connectivity index (χ4v) is 4.68. The van der Waals surface area contributed by atoms with E-state index in [4.69, 9.17) is 0 Å². The predicted octanol–water partition coefficient (Wildman–Crippen LogP) is 1.52. The van der Waals surface area contributed by atoms with Crippen molar-refractivity contribution in [3.8, 4) is 0 Å². The third kappa shape index (κ3) is 3.72. The standard InChI is InChI=1S/C21H20N4O4S/c26-20-18-10-4-5-11-19(18)21(27)24(23-20)14-12-22-15-16-7-6-13-25(16)30(28,29)17-8-2-1-3-9-17/h1-11,13,22H,12,14-15H2,(H,23,26). The molecule has 0 fully saturated rings. The van der Waals surface area contributed by atoms with Crippen LogP contribution < -0.4 is 16.4 Å². The van der Waals surface area contributed by atoms with Gasteiger partial charge in [-0.05, 0) is 36.4 Å². The van der Waals surface area contributed by atoms with E-state index in [0.717, 1.165) is 0 Å². The van der Waals surface area contributed by atoms with E-state index in [1.165, 1.54) is 14.9 Å². The maximum absolute atomic E-state index is 12.8. The summed E-state index contributed by atoms with van der Waals surface area (Å²) in [6.07, 6.45) is 1.50. The van der Waals surface area contributed by atoms with Crippen molar-refractivity contribution >= 4 is 20.8 Å². The van der Waals surface area contributed by atoms with Crippen molar-refractivity contribution in [2.45, 2.75) is 18.0 Å². The van der Waals surface area contributed by atoms with E-state index in [2.05, 4.69) is 10.4 Å². The lowest BCUT2D eigenvalue weighted by Gasteiger charge is -2.12. The van der Waals surface area contributed by atoms with Crippen LogP contribution in [0.15, 0.2) is 87.4 Å².